The number of carbonyl (C=O) groups is 1. The van der Waals surface area contributed by atoms with Gasteiger partial charge in [-0.15, -0.1) is 0 Å². The molecule has 0 saturated carbocycles. The lowest BCUT2D eigenvalue weighted by Crippen LogP contribution is -2.39. The van der Waals surface area contributed by atoms with Gasteiger partial charge in [0.15, 0.2) is 0 Å². The lowest BCUT2D eigenvalue weighted by molar-refractivity contribution is 0.0707. The Balaban J connectivity index is 1.37. The first-order valence-electron chi connectivity index (χ1n) is 11.2. The summed E-state index contributed by atoms with van der Waals surface area (Å²) in [5.41, 5.74) is 5.27. The van der Waals surface area contributed by atoms with Gasteiger partial charge in [0.05, 0.1) is 24.2 Å². The number of piperidine rings is 1. The van der Waals surface area contributed by atoms with E-state index >= 15 is 0 Å². The molecule has 6 nitrogen and oxygen atoms in total. The molecule has 162 valence electrons. The Labute approximate surface area is 183 Å². The van der Waals surface area contributed by atoms with Crippen LogP contribution in [-0.2, 0) is 11.8 Å². The zero-order chi connectivity index (χ0) is 21.4. The zero-order valence-electron chi connectivity index (χ0n) is 18.4. The van der Waals surface area contributed by atoms with Crippen molar-refractivity contribution in [2.45, 2.75) is 25.7 Å². The molecule has 2 aliphatic heterocycles. The van der Waals surface area contributed by atoms with Crippen molar-refractivity contribution in [2.75, 3.05) is 44.3 Å². The number of hydrogen-bond acceptors (Lipinski definition) is 4. The van der Waals surface area contributed by atoms with E-state index in [4.69, 9.17) is 9.72 Å². The SMILES string of the molecule is Cc1cccc(C2CCCN(C(=O)c3ccc4c(c3)nc(N3CCOCC3)n4C)C2)c1. The van der Waals surface area contributed by atoms with Crippen LogP contribution in [0.3, 0.4) is 0 Å². The summed E-state index contributed by atoms with van der Waals surface area (Å²) >= 11 is 0. The van der Waals surface area contributed by atoms with Gasteiger partial charge in [0.1, 0.15) is 0 Å². The minimum absolute atomic E-state index is 0.109. The predicted molar refractivity (Wildman–Crippen MR) is 123 cm³/mol. The number of aromatic nitrogens is 2. The largest absolute Gasteiger partial charge is 0.378 e. The van der Waals surface area contributed by atoms with Crippen LogP contribution in [0.2, 0.25) is 0 Å². The highest BCUT2D eigenvalue weighted by Crippen LogP contribution is 2.29. The normalized spacial score (nSPS) is 19.7. The van der Waals surface area contributed by atoms with E-state index in [1.165, 1.54) is 11.1 Å². The second kappa shape index (κ2) is 8.35. The van der Waals surface area contributed by atoms with Crippen molar-refractivity contribution in [2.24, 2.45) is 7.05 Å². The Morgan fingerprint density at radius 2 is 1.94 bits per heavy atom. The first-order chi connectivity index (χ1) is 15.1. The number of aryl methyl sites for hydroxylation is 2. The third-order valence-corrected chi connectivity index (χ3v) is 6.62. The Bertz CT molecular complexity index is 1100. The lowest BCUT2D eigenvalue weighted by Gasteiger charge is -2.33. The van der Waals surface area contributed by atoms with Crippen molar-refractivity contribution in [1.29, 1.82) is 0 Å². The number of benzene rings is 2. The number of fused-ring (bicyclic) bond motifs is 1. The summed E-state index contributed by atoms with van der Waals surface area (Å²) in [5, 5.41) is 0. The molecule has 0 radical (unpaired) electrons. The number of anilines is 1. The molecule has 2 saturated heterocycles. The first-order valence-corrected chi connectivity index (χ1v) is 11.2. The monoisotopic (exact) mass is 418 g/mol. The molecular weight excluding hydrogens is 388 g/mol. The van der Waals surface area contributed by atoms with E-state index in [2.05, 4.69) is 40.7 Å². The van der Waals surface area contributed by atoms with Crippen LogP contribution < -0.4 is 4.90 Å². The van der Waals surface area contributed by atoms with Gasteiger partial charge in [-0.05, 0) is 43.5 Å². The number of carbonyl (C=O) groups excluding carboxylic acids is 1. The van der Waals surface area contributed by atoms with Crippen molar-refractivity contribution in [3.05, 3.63) is 59.2 Å². The molecule has 0 spiro atoms. The van der Waals surface area contributed by atoms with Gasteiger partial charge in [-0.3, -0.25) is 4.79 Å². The molecule has 6 heteroatoms. The minimum atomic E-state index is 0.109. The summed E-state index contributed by atoms with van der Waals surface area (Å²) in [6, 6.07) is 14.6. The number of likely N-dealkylation sites (tertiary alicyclic amines) is 1. The predicted octanol–water partition coefficient (Wildman–Crippen LogP) is 3.74. The van der Waals surface area contributed by atoms with E-state index in [1.807, 2.05) is 30.1 Å². The number of amides is 1. The molecule has 2 aromatic carbocycles. The van der Waals surface area contributed by atoms with Gasteiger partial charge in [0, 0.05) is 44.7 Å². The molecule has 2 fully saturated rings. The average Bonchev–Trinajstić information content (AvgIpc) is 3.15. The summed E-state index contributed by atoms with van der Waals surface area (Å²) < 4.78 is 7.59. The van der Waals surface area contributed by atoms with Gasteiger partial charge in [0.25, 0.3) is 5.91 Å². The Morgan fingerprint density at radius 3 is 2.74 bits per heavy atom. The zero-order valence-corrected chi connectivity index (χ0v) is 18.4. The molecule has 5 rings (SSSR count). The number of rotatable bonds is 3. The van der Waals surface area contributed by atoms with Crippen LogP contribution in [-0.4, -0.2) is 59.8 Å². The Hall–Kier alpha value is -2.86. The van der Waals surface area contributed by atoms with Crippen molar-refractivity contribution >= 4 is 22.9 Å². The summed E-state index contributed by atoms with van der Waals surface area (Å²) in [6.45, 7) is 6.87. The van der Waals surface area contributed by atoms with Crippen LogP contribution in [0.15, 0.2) is 42.5 Å². The van der Waals surface area contributed by atoms with E-state index < -0.39 is 0 Å². The van der Waals surface area contributed by atoms with Crippen LogP contribution in [0, 0.1) is 6.92 Å². The molecule has 0 bridgehead atoms. The minimum Gasteiger partial charge on any atom is -0.378 e. The quantitative estimate of drug-likeness (QED) is 0.650. The van der Waals surface area contributed by atoms with Crippen molar-refractivity contribution < 1.29 is 9.53 Å². The second-order valence-electron chi connectivity index (χ2n) is 8.78. The van der Waals surface area contributed by atoms with E-state index in [0.29, 0.717) is 5.92 Å². The number of morpholine rings is 1. The maximum Gasteiger partial charge on any atom is 0.253 e. The molecule has 2 aliphatic rings. The number of nitrogens with zero attached hydrogens (tertiary/aromatic N) is 4. The van der Waals surface area contributed by atoms with Crippen molar-refractivity contribution in [3.63, 3.8) is 0 Å². The molecule has 1 aromatic heterocycles. The Kier molecular flexibility index (Phi) is 5.40. The van der Waals surface area contributed by atoms with Crippen LogP contribution in [0.25, 0.3) is 11.0 Å². The van der Waals surface area contributed by atoms with Gasteiger partial charge in [-0.1, -0.05) is 29.8 Å². The highest BCUT2D eigenvalue weighted by Gasteiger charge is 2.26. The highest BCUT2D eigenvalue weighted by atomic mass is 16.5. The molecule has 1 unspecified atom stereocenters. The van der Waals surface area contributed by atoms with Gasteiger partial charge < -0.3 is 19.1 Å². The number of hydrogen-bond donors (Lipinski definition) is 0. The molecule has 0 N–H and O–H groups in total. The van der Waals surface area contributed by atoms with E-state index in [1.54, 1.807) is 0 Å². The second-order valence-corrected chi connectivity index (χ2v) is 8.78. The fourth-order valence-electron chi connectivity index (χ4n) is 4.91. The van der Waals surface area contributed by atoms with Crippen molar-refractivity contribution in [3.8, 4) is 0 Å². The molecule has 1 amide bonds. The molecule has 3 aromatic rings. The fourth-order valence-corrected chi connectivity index (χ4v) is 4.91. The van der Waals surface area contributed by atoms with E-state index in [0.717, 1.165) is 74.8 Å². The summed E-state index contributed by atoms with van der Waals surface area (Å²) in [7, 11) is 2.04. The maximum atomic E-state index is 13.3. The maximum absolute atomic E-state index is 13.3. The van der Waals surface area contributed by atoms with Crippen molar-refractivity contribution in [1.82, 2.24) is 14.5 Å². The van der Waals surface area contributed by atoms with Gasteiger partial charge in [-0.25, -0.2) is 4.98 Å². The number of imidazole rings is 1. The van der Waals surface area contributed by atoms with Gasteiger partial charge in [0.2, 0.25) is 5.95 Å². The number of ether oxygens (including phenoxy) is 1. The highest BCUT2D eigenvalue weighted by molar-refractivity contribution is 5.97. The summed E-state index contributed by atoms with van der Waals surface area (Å²) in [4.78, 5) is 22.5. The van der Waals surface area contributed by atoms with E-state index in [-0.39, 0.29) is 5.91 Å². The van der Waals surface area contributed by atoms with Crippen LogP contribution >= 0.6 is 0 Å². The van der Waals surface area contributed by atoms with Gasteiger partial charge in [-0.2, -0.15) is 0 Å². The third kappa shape index (κ3) is 3.92. The van der Waals surface area contributed by atoms with Crippen LogP contribution in [0.4, 0.5) is 5.95 Å². The van der Waals surface area contributed by atoms with E-state index in [9.17, 15) is 4.79 Å². The molecule has 31 heavy (non-hydrogen) atoms. The average molecular weight is 419 g/mol. The fraction of sp³-hybridized carbons (Fsp3) is 0.440. The van der Waals surface area contributed by atoms with Crippen LogP contribution in [0.5, 0.6) is 0 Å². The third-order valence-electron chi connectivity index (χ3n) is 6.62. The standard InChI is InChI=1S/C25H30N4O2/c1-18-5-3-6-19(15-18)21-7-4-10-29(17-21)24(30)20-8-9-23-22(16-20)26-25(27(23)2)28-11-13-31-14-12-28/h3,5-6,8-9,15-16,21H,4,7,10-14,17H2,1-2H3. The lowest BCUT2D eigenvalue weighted by atomic mass is 9.89. The topological polar surface area (TPSA) is 50.6 Å². The molecule has 0 aliphatic carbocycles. The molecule has 3 heterocycles. The summed E-state index contributed by atoms with van der Waals surface area (Å²) in [5.74, 6) is 1.46. The smallest absolute Gasteiger partial charge is 0.253 e. The molecule has 1 atom stereocenters. The first kappa shape index (κ1) is 20.1. The van der Waals surface area contributed by atoms with Crippen LogP contribution in [0.1, 0.15) is 40.2 Å². The molecular formula is C25H30N4O2. The summed E-state index contributed by atoms with van der Waals surface area (Å²) in [6.07, 6.45) is 2.17. The Morgan fingerprint density at radius 1 is 1.10 bits per heavy atom. The van der Waals surface area contributed by atoms with Gasteiger partial charge >= 0.3 is 0 Å².